The molecule has 3 N–H and O–H groups in total. The van der Waals surface area contributed by atoms with Crippen molar-refractivity contribution >= 4 is 34.3 Å². The molecule has 0 aliphatic carbocycles. The van der Waals surface area contributed by atoms with Crippen LogP contribution in [0.1, 0.15) is 19.0 Å². The summed E-state index contributed by atoms with van der Waals surface area (Å²) in [5.41, 5.74) is 0.363. The number of hydrogen-bond donors (Lipinski definition) is 3. The summed E-state index contributed by atoms with van der Waals surface area (Å²) >= 11 is 1.18. The summed E-state index contributed by atoms with van der Waals surface area (Å²) in [4.78, 5) is 45.7. The Morgan fingerprint density at radius 1 is 1.32 bits per heavy atom. The zero-order chi connectivity index (χ0) is 24.5. The van der Waals surface area contributed by atoms with Crippen molar-refractivity contribution in [2.24, 2.45) is 7.05 Å². The number of carboxylic acid groups (broad SMARTS) is 1. The van der Waals surface area contributed by atoms with Crippen LogP contribution < -0.4 is 10.6 Å². The highest BCUT2D eigenvalue weighted by molar-refractivity contribution is 7.14. The molecule has 2 aromatic heterocycles. The molecule has 12 heteroatoms. The number of rotatable bonds is 9. The predicted octanol–water partition coefficient (Wildman–Crippen LogP) is 1.98. The molecule has 0 spiro atoms. The molecule has 3 aromatic rings. The third kappa shape index (κ3) is 4.68. The number of carboxylic acids is 1. The second kappa shape index (κ2) is 9.31. The summed E-state index contributed by atoms with van der Waals surface area (Å²) in [7, 11) is 1.76. The van der Waals surface area contributed by atoms with E-state index in [0.29, 0.717) is 22.1 Å². The van der Waals surface area contributed by atoms with Crippen LogP contribution in [0.5, 0.6) is 0 Å². The minimum atomic E-state index is -1.57. The van der Waals surface area contributed by atoms with Crippen LogP contribution in [0.4, 0.5) is 9.52 Å². The first kappa shape index (κ1) is 23.5. The number of aliphatic carboxylic acids is 1. The first-order chi connectivity index (χ1) is 16.2. The van der Waals surface area contributed by atoms with Crippen molar-refractivity contribution < 1.29 is 28.6 Å². The summed E-state index contributed by atoms with van der Waals surface area (Å²) in [5.74, 6) is -2.81. The van der Waals surface area contributed by atoms with E-state index in [1.807, 2.05) is 0 Å². The van der Waals surface area contributed by atoms with E-state index in [9.17, 15) is 23.9 Å². The van der Waals surface area contributed by atoms with Crippen molar-refractivity contribution in [2.45, 2.75) is 37.5 Å². The maximum atomic E-state index is 13.2. The molecule has 4 rings (SSSR count). The van der Waals surface area contributed by atoms with Gasteiger partial charge in [-0.05, 0) is 30.7 Å². The lowest BCUT2D eigenvalue weighted by atomic mass is 10.0. The summed E-state index contributed by atoms with van der Waals surface area (Å²) in [6.07, 6.45) is 2.19. The van der Waals surface area contributed by atoms with Crippen LogP contribution in [0.3, 0.4) is 0 Å². The smallest absolute Gasteiger partial charge is 0.339 e. The van der Waals surface area contributed by atoms with Crippen molar-refractivity contribution in [1.29, 1.82) is 0 Å². The van der Waals surface area contributed by atoms with Gasteiger partial charge in [-0.3, -0.25) is 9.59 Å². The van der Waals surface area contributed by atoms with Gasteiger partial charge in [0, 0.05) is 36.3 Å². The van der Waals surface area contributed by atoms with Crippen LogP contribution in [0.25, 0.3) is 11.3 Å². The summed E-state index contributed by atoms with van der Waals surface area (Å²) < 4.78 is 20.1. The molecule has 1 aromatic carbocycles. The molecule has 1 saturated heterocycles. The number of epoxide rings is 1. The number of ether oxygens (including phenoxy) is 1. The highest BCUT2D eigenvalue weighted by Crippen LogP contribution is 2.40. The molecular weight excluding hydrogens is 465 g/mol. The van der Waals surface area contributed by atoms with Gasteiger partial charge in [0.15, 0.2) is 11.2 Å². The quantitative estimate of drug-likeness (QED) is 0.392. The molecule has 0 bridgehead atoms. The van der Waals surface area contributed by atoms with Crippen LogP contribution in [-0.4, -0.2) is 55.2 Å². The third-order valence-electron chi connectivity index (χ3n) is 5.66. The molecule has 1 aliphatic heterocycles. The Labute approximate surface area is 197 Å². The van der Waals surface area contributed by atoms with Crippen molar-refractivity contribution in [3.05, 3.63) is 53.7 Å². The number of aromatic nitrogens is 3. The number of benzene rings is 1. The number of anilines is 1. The molecule has 3 atom stereocenters. The predicted molar refractivity (Wildman–Crippen MR) is 121 cm³/mol. The topological polar surface area (TPSA) is 139 Å². The van der Waals surface area contributed by atoms with Crippen molar-refractivity contribution in [1.82, 2.24) is 19.9 Å². The normalized spacial score (nSPS) is 19.9. The van der Waals surface area contributed by atoms with E-state index in [4.69, 9.17) is 4.74 Å². The number of thiazole rings is 1. The molecule has 1 fully saturated rings. The van der Waals surface area contributed by atoms with Crippen molar-refractivity contribution in [3.63, 3.8) is 0 Å². The fourth-order valence-electron chi connectivity index (χ4n) is 3.55. The van der Waals surface area contributed by atoms with Crippen molar-refractivity contribution in [2.75, 3.05) is 5.32 Å². The molecule has 34 heavy (non-hydrogen) atoms. The molecule has 3 heterocycles. The monoisotopic (exact) mass is 487 g/mol. The Morgan fingerprint density at radius 2 is 2.06 bits per heavy atom. The molecular formula is C22H22FN5O5S. The van der Waals surface area contributed by atoms with Gasteiger partial charge in [-0.2, -0.15) is 0 Å². The van der Waals surface area contributed by atoms with E-state index in [0.717, 1.165) is 0 Å². The molecule has 10 nitrogen and oxygen atoms in total. The number of halogens is 1. The van der Waals surface area contributed by atoms with Crippen LogP contribution >= 0.6 is 11.3 Å². The zero-order valence-electron chi connectivity index (χ0n) is 18.3. The van der Waals surface area contributed by atoms with E-state index in [1.165, 1.54) is 23.5 Å². The highest BCUT2D eigenvalue weighted by Gasteiger charge is 2.65. The van der Waals surface area contributed by atoms with E-state index in [2.05, 4.69) is 20.6 Å². The Bertz CT molecular complexity index is 1230. The van der Waals surface area contributed by atoms with Crippen LogP contribution in [0, 0.1) is 5.82 Å². The van der Waals surface area contributed by atoms with Crippen molar-refractivity contribution in [3.8, 4) is 11.3 Å². The number of amides is 2. The summed E-state index contributed by atoms with van der Waals surface area (Å²) in [6.45, 7) is 1.61. The molecule has 0 saturated carbocycles. The lowest BCUT2D eigenvalue weighted by Gasteiger charge is -2.18. The Hall–Kier alpha value is -3.64. The second-order valence-electron chi connectivity index (χ2n) is 7.84. The average molecular weight is 488 g/mol. The fraction of sp³-hybridized carbons (Fsp3) is 0.318. The van der Waals surface area contributed by atoms with E-state index < -0.39 is 35.5 Å². The van der Waals surface area contributed by atoms with Gasteiger partial charge >= 0.3 is 5.97 Å². The number of aryl methyl sites for hydroxylation is 1. The zero-order valence-corrected chi connectivity index (χ0v) is 19.1. The SMILES string of the molecule is CCC1(C(=O)O)OC1C(=O)N[C@@H](Cc1cncn1C)C(=O)Nc1nc(-c2ccc(F)cc2)cs1. The Kier molecular flexibility index (Phi) is 6.44. The first-order valence-corrected chi connectivity index (χ1v) is 11.3. The standard InChI is InChI=1S/C22H22FN5O5S/c1-3-22(20(31)32)17(33-22)19(30)25-15(8-14-9-24-11-28(14)2)18(29)27-21-26-16(10-34-21)12-4-6-13(23)7-5-12/h4-7,9-11,15,17H,3,8H2,1-2H3,(H,25,30)(H,31,32)(H,26,27,29)/t15-,17?,22?/m0/s1. The molecule has 178 valence electrons. The number of nitrogens with one attached hydrogen (secondary N) is 2. The Balaban J connectivity index is 1.49. The summed E-state index contributed by atoms with van der Waals surface area (Å²) in [6, 6.07) is 4.77. The first-order valence-electron chi connectivity index (χ1n) is 10.4. The maximum Gasteiger partial charge on any atom is 0.339 e. The second-order valence-corrected chi connectivity index (χ2v) is 8.70. The molecule has 2 unspecified atom stereocenters. The largest absolute Gasteiger partial charge is 0.479 e. The summed E-state index contributed by atoms with van der Waals surface area (Å²) in [5, 5.41) is 16.7. The van der Waals surface area contributed by atoms with Gasteiger partial charge in [0.1, 0.15) is 11.9 Å². The molecule has 0 radical (unpaired) electrons. The highest BCUT2D eigenvalue weighted by atomic mass is 32.1. The van der Waals surface area contributed by atoms with Gasteiger partial charge in [0.2, 0.25) is 11.5 Å². The van der Waals surface area contributed by atoms with Crippen LogP contribution in [-0.2, 0) is 32.6 Å². The third-order valence-corrected chi connectivity index (χ3v) is 6.41. The van der Waals surface area contributed by atoms with Gasteiger partial charge in [-0.15, -0.1) is 11.3 Å². The van der Waals surface area contributed by atoms with Gasteiger partial charge < -0.3 is 25.0 Å². The van der Waals surface area contributed by atoms with Crippen LogP contribution in [0.2, 0.25) is 0 Å². The average Bonchev–Trinajstić information content (AvgIpc) is 3.19. The van der Waals surface area contributed by atoms with Crippen LogP contribution in [0.15, 0.2) is 42.2 Å². The van der Waals surface area contributed by atoms with E-state index in [-0.39, 0.29) is 18.7 Å². The minimum absolute atomic E-state index is 0.114. The minimum Gasteiger partial charge on any atom is -0.479 e. The maximum absolute atomic E-state index is 13.2. The number of carbonyl (C=O) groups excluding carboxylic acids is 2. The van der Waals surface area contributed by atoms with E-state index >= 15 is 0 Å². The number of nitrogens with zero attached hydrogens (tertiary/aromatic N) is 3. The van der Waals surface area contributed by atoms with Gasteiger partial charge in [0.25, 0.3) is 5.91 Å². The molecule has 1 aliphatic rings. The lowest BCUT2D eigenvalue weighted by Crippen LogP contribution is -2.48. The van der Waals surface area contributed by atoms with Gasteiger partial charge in [0.05, 0.1) is 12.0 Å². The number of hydrogen-bond acceptors (Lipinski definition) is 7. The number of carbonyl (C=O) groups is 3. The lowest BCUT2D eigenvalue weighted by molar-refractivity contribution is -0.143. The molecule has 2 amide bonds. The Morgan fingerprint density at radius 3 is 2.65 bits per heavy atom. The van der Waals surface area contributed by atoms with Gasteiger partial charge in [-0.1, -0.05) is 6.92 Å². The fourth-order valence-corrected chi connectivity index (χ4v) is 4.27. The van der Waals surface area contributed by atoms with Gasteiger partial charge in [-0.25, -0.2) is 19.2 Å². The van der Waals surface area contributed by atoms with E-state index in [1.54, 1.807) is 48.6 Å². The number of imidazole rings is 1.